The highest BCUT2D eigenvalue weighted by Crippen LogP contribution is 2.20. The second-order valence-corrected chi connectivity index (χ2v) is 3.09. The Morgan fingerprint density at radius 3 is 2.80 bits per heavy atom. The van der Waals surface area contributed by atoms with Gasteiger partial charge in [-0.3, -0.25) is 9.18 Å². The maximum absolute atomic E-state index is 12.8. The van der Waals surface area contributed by atoms with Gasteiger partial charge in [-0.1, -0.05) is 0 Å². The van der Waals surface area contributed by atoms with Gasteiger partial charge >= 0.3 is 0 Å². The number of rotatable bonds is 5. The van der Waals surface area contributed by atoms with Crippen LogP contribution in [0.1, 0.15) is 23.7 Å². The molecule has 0 saturated carbocycles. The maximum Gasteiger partial charge on any atom is 0.163 e. The van der Waals surface area contributed by atoms with Crippen LogP contribution in [-0.4, -0.2) is 19.1 Å². The van der Waals surface area contributed by atoms with Gasteiger partial charge in [-0.2, -0.15) is 0 Å². The molecule has 0 spiro atoms. The fourth-order valence-corrected chi connectivity index (χ4v) is 1.14. The summed E-state index contributed by atoms with van der Waals surface area (Å²) in [6.07, 6.45) is 0.259. The van der Waals surface area contributed by atoms with Gasteiger partial charge in [0, 0.05) is 6.42 Å². The third-order valence-electron chi connectivity index (χ3n) is 1.86. The highest BCUT2D eigenvalue weighted by Gasteiger charge is 2.09. The molecule has 0 unspecified atom stereocenters. The van der Waals surface area contributed by atoms with Crippen LogP contribution >= 0.6 is 0 Å². The van der Waals surface area contributed by atoms with Gasteiger partial charge in [0.15, 0.2) is 5.78 Å². The Morgan fingerprint density at radius 1 is 1.47 bits per heavy atom. The molecule has 0 radical (unpaired) electrons. The minimum atomic E-state index is -0.488. The molecule has 0 aliphatic rings. The molecular weight excluding hydrogens is 202 g/mol. The number of ketones is 1. The summed E-state index contributed by atoms with van der Waals surface area (Å²) in [6.45, 7) is 1.04. The molecule has 2 nitrogen and oxygen atoms in total. The first-order valence-electron chi connectivity index (χ1n) is 4.64. The zero-order valence-electron chi connectivity index (χ0n) is 8.43. The zero-order chi connectivity index (χ0) is 11.3. The molecule has 0 aromatic heterocycles. The minimum Gasteiger partial charge on any atom is -0.493 e. The summed E-state index contributed by atoms with van der Waals surface area (Å²) < 4.78 is 29.8. The second kappa shape index (κ2) is 5.44. The summed E-state index contributed by atoms with van der Waals surface area (Å²) in [5.41, 5.74) is 0.189. The Labute approximate surface area is 86.9 Å². The number of Topliss-reactive ketones (excluding diaryl/α,β-unsaturated/α-hetero) is 1. The van der Waals surface area contributed by atoms with E-state index in [1.807, 2.05) is 0 Å². The lowest BCUT2D eigenvalue weighted by atomic mass is 10.1. The monoisotopic (exact) mass is 214 g/mol. The zero-order valence-corrected chi connectivity index (χ0v) is 8.43. The number of hydrogen-bond donors (Lipinski definition) is 0. The van der Waals surface area contributed by atoms with Crippen LogP contribution in [-0.2, 0) is 0 Å². The second-order valence-electron chi connectivity index (χ2n) is 3.09. The van der Waals surface area contributed by atoms with E-state index in [1.54, 1.807) is 0 Å². The van der Waals surface area contributed by atoms with Crippen molar-refractivity contribution in [3.63, 3.8) is 0 Å². The fraction of sp³-hybridized carbons (Fsp3) is 0.364. The minimum absolute atomic E-state index is 0.183. The van der Waals surface area contributed by atoms with Crippen molar-refractivity contribution in [2.24, 2.45) is 0 Å². The molecule has 1 rings (SSSR count). The molecule has 1 aromatic rings. The van der Waals surface area contributed by atoms with Crippen LogP contribution in [0.5, 0.6) is 5.75 Å². The fourth-order valence-electron chi connectivity index (χ4n) is 1.14. The van der Waals surface area contributed by atoms with Crippen molar-refractivity contribution < 1.29 is 18.3 Å². The summed E-state index contributed by atoms with van der Waals surface area (Å²) in [7, 11) is 0. The number of carbonyl (C=O) groups is 1. The van der Waals surface area contributed by atoms with Crippen LogP contribution in [0, 0.1) is 5.82 Å². The molecule has 0 N–H and O–H groups in total. The number of benzene rings is 1. The third kappa shape index (κ3) is 3.31. The molecule has 1 aromatic carbocycles. The highest BCUT2D eigenvalue weighted by atomic mass is 19.1. The van der Waals surface area contributed by atoms with Crippen LogP contribution in [0.4, 0.5) is 8.78 Å². The molecule has 15 heavy (non-hydrogen) atoms. The van der Waals surface area contributed by atoms with Crippen LogP contribution in [0.15, 0.2) is 18.2 Å². The topological polar surface area (TPSA) is 26.3 Å². The molecule has 0 aliphatic heterocycles. The van der Waals surface area contributed by atoms with Crippen molar-refractivity contribution in [2.75, 3.05) is 13.3 Å². The number of carbonyl (C=O) groups excluding carboxylic acids is 1. The van der Waals surface area contributed by atoms with E-state index in [9.17, 15) is 13.6 Å². The molecule has 4 heteroatoms. The van der Waals surface area contributed by atoms with Crippen molar-refractivity contribution in [3.05, 3.63) is 29.6 Å². The Morgan fingerprint density at radius 2 is 2.20 bits per heavy atom. The van der Waals surface area contributed by atoms with E-state index < -0.39 is 12.5 Å². The first-order chi connectivity index (χ1) is 7.15. The first kappa shape index (κ1) is 11.6. The van der Waals surface area contributed by atoms with Gasteiger partial charge in [0.05, 0.1) is 18.8 Å². The van der Waals surface area contributed by atoms with Crippen LogP contribution in [0.25, 0.3) is 0 Å². The lowest BCUT2D eigenvalue weighted by Gasteiger charge is -2.08. The van der Waals surface area contributed by atoms with E-state index in [0.717, 1.165) is 6.07 Å². The lowest BCUT2D eigenvalue weighted by Crippen LogP contribution is -2.04. The van der Waals surface area contributed by atoms with Gasteiger partial charge in [-0.25, -0.2) is 4.39 Å². The van der Waals surface area contributed by atoms with Crippen LogP contribution in [0.3, 0.4) is 0 Å². The normalized spacial score (nSPS) is 10.1. The van der Waals surface area contributed by atoms with Crippen molar-refractivity contribution in [2.45, 2.75) is 13.3 Å². The Bertz CT molecular complexity index is 350. The largest absolute Gasteiger partial charge is 0.493 e. The van der Waals surface area contributed by atoms with E-state index in [2.05, 4.69) is 0 Å². The van der Waals surface area contributed by atoms with Crippen LogP contribution < -0.4 is 4.74 Å². The van der Waals surface area contributed by atoms with E-state index in [0.29, 0.717) is 5.75 Å². The summed E-state index contributed by atoms with van der Waals surface area (Å²) in [4.78, 5) is 11.1. The Hall–Kier alpha value is -1.45. The number of hydrogen-bond acceptors (Lipinski definition) is 2. The molecule has 0 fully saturated rings. The van der Waals surface area contributed by atoms with Gasteiger partial charge < -0.3 is 4.74 Å². The predicted molar refractivity (Wildman–Crippen MR) is 52.5 cm³/mol. The lowest BCUT2D eigenvalue weighted by molar-refractivity contribution is 0.101. The van der Waals surface area contributed by atoms with Gasteiger partial charge in [0.2, 0.25) is 0 Å². The van der Waals surface area contributed by atoms with Gasteiger partial charge in [0.1, 0.15) is 11.6 Å². The molecule has 0 aliphatic carbocycles. The Balaban J connectivity index is 2.81. The van der Waals surface area contributed by atoms with E-state index in [-0.39, 0.29) is 24.4 Å². The summed E-state index contributed by atoms with van der Waals surface area (Å²) in [6, 6.07) is 3.70. The van der Waals surface area contributed by atoms with Crippen molar-refractivity contribution in [1.29, 1.82) is 0 Å². The average molecular weight is 214 g/mol. The average Bonchev–Trinajstić information content (AvgIpc) is 2.20. The smallest absolute Gasteiger partial charge is 0.163 e. The summed E-state index contributed by atoms with van der Waals surface area (Å²) in [5, 5.41) is 0. The maximum atomic E-state index is 12.8. The van der Waals surface area contributed by atoms with Gasteiger partial charge in [0.25, 0.3) is 0 Å². The SMILES string of the molecule is CC(=O)c1cc(F)ccc1OCCCF. The van der Waals surface area contributed by atoms with Crippen molar-refractivity contribution in [1.82, 2.24) is 0 Å². The first-order valence-corrected chi connectivity index (χ1v) is 4.64. The third-order valence-corrected chi connectivity index (χ3v) is 1.86. The summed E-state index contributed by atoms with van der Waals surface area (Å²) >= 11 is 0. The van der Waals surface area contributed by atoms with Gasteiger partial charge in [-0.05, 0) is 25.1 Å². The molecule has 0 heterocycles. The van der Waals surface area contributed by atoms with Crippen molar-refractivity contribution in [3.8, 4) is 5.75 Å². The van der Waals surface area contributed by atoms with Crippen molar-refractivity contribution >= 4 is 5.78 Å². The Kier molecular flexibility index (Phi) is 4.21. The molecule has 82 valence electrons. The number of alkyl halides is 1. The van der Waals surface area contributed by atoms with Gasteiger partial charge in [-0.15, -0.1) is 0 Å². The van der Waals surface area contributed by atoms with E-state index in [4.69, 9.17) is 4.74 Å². The highest BCUT2D eigenvalue weighted by molar-refractivity contribution is 5.96. The standard InChI is InChI=1S/C11H12F2O2/c1-8(14)10-7-9(13)3-4-11(10)15-6-2-5-12/h3-4,7H,2,5-6H2,1H3. The molecule has 0 amide bonds. The van der Waals surface area contributed by atoms with Crippen LogP contribution in [0.2, 0.25) is 0 Å². The molecule has 0 atom stereocenters. The molecule has 0 saturated heterocycles. The predicted octanol–water partition coefficient (Wildman–Crippen LogP) is 2.77. The van der Waals surface area contributed by atoms with E-state index in [1.165, 1.54) is 19.1 Å². The number of halogens is 2. The summed E-state index contributed by atoms with van der Waals surface area (Å²) in [5.74, 6) is -0.458. The quantitative estimate of drug-likeness (QED) is 0.556. The molecule has 0 bridgehead atoms. The van der Waals surface area contributed by atoms with E-state index >= 15 is 0 Å². The molecular formula is C11H12F2O2. The number of ether oxygens (including phenoxy) is 1.